The Bertz CT molecular complexity index is 116. The number of nitrogens with zero attached hydrogens (tertiary/aromatic N) is 1. The fourth-order valence-corrected chi connectivity index (χ4v) is 0.394. The summed E-state index contributed by atoms with van der Waals surface area (Å²) in [7, 11) is 0. The number of carbonyl (C=O) groups excluding carboxylic acids is 1. The molecule has 0 saturated carbocycles. The zero-order valence-electron chi connectivity index (χ0n) is 4.62. The Morgan fingerprint density at radius 2 is 2.33 bits per heavy atom. The van der Waals surface area contributed by atoms with Crippen molar-refractivity contribution in [3.05, 3.63) is 10.1 Å². The van der Waals surface area contributed by atoms with E-state index in [1.807, 2.05) is 0 Å². The highest BCUT2D eigenvalue weighted by molar-refractivity contribution is 6.27. The molecule has 0 aromatic rings. The van der Waals surface area contributed by atoms with Gasteiger partial charge in [0.1, 0.15) is 6.29 Å². The van der Waals surface area contributed by atoms with Crippen LogP contribution in [-0.4, -0.2) is 23.1 Å². The molecule has 0 aliphatic heterocycles. The summed E-state index contributed by atoms with van der Waals surface area (Å²) in [6.07, 6.45) is 0.600. The predicted molar refractivity (Wildman–Crippen MR) is 32.2 cm³/mol. The monoisotopic (exact) mass is 151 g/mol. The molecule has 0 rings (SSSR count). The van der Waals surface area contributed by atoms with Crippen molar-refractivity contribution in [1.29, 1.82) is 0 Å². The smallest absolute Gasteiger partial charge is 0.205 e. The molecule has 1 atom stereocenters. The van der Waals surface area contributed by atoms with Gasteiger partial charge in [-0.2, -0.15) is 0 Å². The molecule has 5 heteroatoms. The number of nitro groups is 1. The molecule has 0 saturated heterocycles. The van der Waals surface area contributed by atoms with E-state index in [1.165, 1.54) is 0 Å². The molecule has 0 aliphatic rings. The first kappa shape index (κ1) is 8.36. The number of hydrogen-bond acceptors (Lipinski definition) is 3. The lowest BCUT2D eigenvalue weighted by Gasteiger charge is -1.93. The van der Waals surface area contributed by atoms with Crippen LogP contribution in [0.2, 0.25) is 0 Å². The van der Waals surface area contributed by atoms with E-state index in [4.69, 9.17) is 11.6 Å². The lowest BCUT2D eigenvalue weighted by Crippen LogP contribution is -2.08. The van der Waals surface area contributed by atoms with Gasteiger partial charge in [-0.25, -0.2) is 0 Å². The molecule has 0 spiro atoms. The first-order valence-electron chi connectivity index (χ1n) is 2.38. The molecular weight excluding hydrogens is 146 g/mol. The maximum atomic E-state index is 9.76. The first-order chi connectivity index (χ1) is 4.16. The highest BCUT2D eigenvalue weighted by Gasteiger charge is 2.05. The number of alkyl halides is 1. The fraction of sp³-hybridized carbons (Fsp3) is 0.750. The van der Waals surface area contributed by atoms with E-state index in [1.54, 1.807) is 0 Å². The van der Waals surface area contributed by atoms with Crippen LogP contribution in [0, 0.1) is 10.1 Å². The summed E-state index contributed by atoms with van der Waals surface area (Å²) in [4.78, 5) is 18.9. The average Bonchev–Trinajstić information content (AvgIpc) is 1.83. The standard InChI is InChI=1S/C4H6ClNO3/c5-4(3-7)1-2-6(8)9/h3-4H,1-2H2. The van der Waals surface area contributed by atoms with Crippen molar-refractivity contribution in [2.75, 3.05) is 6.54 Å². The topological polar surface area (TPSA) is 60.2 Å². The number of carbonyl (C=O) groups is 1. The van der Waals surface area contributed by atoms with Gasteiger partial charge in [-0.1, -0.05) is 0 Å². The van der Waals surface area contributed by atoms with Gasteiger partial charge in [-0.15, -0.1) is 11.6 Å². The van der Waals surface area contributed by atoms with E-state index < -0.39 is 10.3 Å². The molecular formula is C4H6ClNO3. The predicted octanol–water partition coefficient (Wildman–Crippen LogP) is 0.459. The number of halogens is 1. The van der Waals surface area contributed by atoms with Gasteiger partial charge in [0, 0.05) is 11.3 Å². The minimum Gasteiger partial charge on any atom is -0.302 e. The highest BCUT2D eigenvalue weighted by atomic mass is 35.5. The Kier molecular flexibility index (Phi) is 3.96. The number of aldehydes is 1. The lowest BCUT2D eigenvalue weighted by atomic mass is 10.3. The summed E-state index contributed by atoms with van der Waals surface area (Å²) in [5, 5.41) is 8.94. The van der Waals surface area contributed by atoms with Gasteiger partial charge >= 0.3 is 0 Å². The van der Waals surface area contributed by atoms with Crippen molar-refractivity contribution < 1.29 is 9.72 Å². The van der Waals surface area contributed by atoms with Crippen LogP contribution < -0.4 is 0 Å². The third-order valence-corrected chi connectivity index (χ3v) is 1.06. The van der Waals surface area contributed by atoms with Crippen LogP contribution in [0.5, 0.6) is 0 Å². The van der Waals surface area contributed by atoms with Gasteiger partial charge in [-0.05, 0) is 0 Å². The quantitative estimate of drug-likeness (QED) is 0.254. The van der Waals surface area contributed by atoms with E-state index >= 15 is 0 Å². The molecule has 52 valence electrons. The van der Waals surface area contributed by atoms with Crippen molar-refractivity contribution in [2.24, 2.45) is 0 Å². The SMILES string of the molecule is O=CC(Cl)CC[N+](=O)[O-]. The van der Waals surface area contributed by atoms with Gasteiger partial charge in [-0.3, -0.25) is 10.1 Å². The van der Waals surface area contributed by atoms with Crippen LogP contribution in [0.1, 0.15) is 6.42 Å². The maximum absolute atomic E-state index is 9.76. The average molecular weight is 152 g/mol. The third kappa shape index (κ3) is 5.23. The molecule has 0 bridgehead atoms. The summed E-state index contributed by atoms with van der Waals surface area (Å²) in [5.41, 5.74) is 0. The normalized spacial score (nSPS) is 12.6. The van der Waals surface area contributed by atoms with Crippen LogP contribution in [0.3, 0.4) is 0 Å². The molecule has 0 amide bonds. The molecule has 4 nitrogen and oxygen atoms in total. The van der Waals surface area contributed by atoms with Crippen LogP contribution >= 0.6 is 11.6 Å². The number of rotatable bonds is 4. The third-order valence-electron chi connectivity index (χ3n) is 0.735. The molecule has 0 aromatic carbocycles. The summed E-state index contributed by atoms with van der Waals surface area (Å²) in [6.45, 7) is -0.243. The Morgan fingerprint density at radius 1 is 1.78 bits per heavy atom. The molecule has 9 heavy (non-hydrogen) atoms. The molecule has 0 aliphatic carbocycles. The van der Waals surface area contributed by atoms with E-state index in [0.717, 1.165) is 0 Å². The van der Waals surface area contributed by atoms with Crippen LogP contribution in [0.25, 0.3) is 0 Å². The summed E-state index contributed by atoms with van der Waals surface area (Å²) in [6, 6.07) is 0. The molecule has 1 unspecified atom stereocenters. The van der Waals surface area contributed by atoms with Crippen LogP contribution in [-0.2, 0) is 4.79 Å². The van der Waals surface area contributed by atoms with Crippen molar-refractivity contribution in [3.63, 3.8) is 0 Å². The van der Waals surface area contributed by atoms with Crippen molar-refractivity contribution in [2.45, 2.75) is 11.8 Å². The van der Waals surface area contributed by atoms with Gasteiger partial charge in [0.25, 0.3) is 0 Å². The second kappa shape index (κ2) is 4.26. The first-order valence-corrected chi connectivity index (χ1v) is 2.81. The van der Waals surface area contributed by atoms with Crippen LogP contribution in [0.4, 0.5) is 0 Å². The highest BCUT2D eigenvalue weighted by Crippen LogP contribution is 1.96. The largest absolute Gasteiger partial charge is 0.302 e. The van der Waals surface area contributed by atoms with E-state index in [9.17, 15) is 14.9 Å². The van der Waals surface area contributed by atoms with E-state index in [2.05, 4.69) is 0 Å². The Morgan fingerprint density at radius 3 is 2.67 bits per heavy atom. The minimum atomic E-state index is -0.713. The second-order valence-electron chi connectivity index (χ2n) is 1.50. The molecule has 0 aromatic heterocycles. The summed E-state index contributed by atoms with van der Waals surface area (Å²) >= 11 is 5.24. The van der Waals surface area contributed by atoms with Gasteiger partial charge in [0.15, 0.2) is 0 Å². The van der Waals surface area contributed by atoms with Crippen molar-refractivity contribution in [1.82, 2.24) is 0 Å². The van der Waals surface area contributed by atoms with Crippen LogP contribution in [0.15, 0.2) is 0 Å². The second-order valence-corrected chi connectivity index (χ2v) is 2.06. The molecule has 0 heterocycles. The number of hydrogen-bond donors (Lipinski definition) is 0. The molecule has 0 radical (unpaired) electrons. The Hall–Kier alpha value is -0.640. The Labute approximate surface area is 57.0 Å². The summed E-state index contributed by atoms with van der Waals surface area (Å²) < 4.78 is 0. The Balaban J connectivity index is 3.26. The minimum absolute atomic E-state index is 0.109. The zero-order chi connectivity index (χ0) is 7.28. The summed E-state index contributed by atoms with van der Waals surface area (Å²) in [5.74, 6) is 0. The van der Waals surface area contributed by atoms with Gasteiger partial charge in [0.05, 0.1) is 5.38 Å². The van der Waals surface area contributed by atoms with Gasteiger partial charge < -0.3 is 4.79 Å². The van der Waals surface area contributed by atoms with Crippen molar-refractivity contribution in [3.8, 4) is 0 Å². The zero-order valence-corrected chi connectivity index (χ0v) is 5.37. The van der Waals surface area contributed by atoms with E-state index in [0.29, 0.717) is 6.29 Å². The van der Waals surface area contributed by atoms with Crippen molar-refractivity contribution >= 4 is 17.9 Å². The lowest BCUT2D eigenvalue weighted by molar-refractivity contribution is -0.480. The fourth-order valence-electron chi connectivity index (χ4n) is 0.297. The van der Waals surface area contributed by atoms with Gasteiger partial charge in [0.2, 0.25) is 6.54 Å². The van der Waals surface area contributed by atoms with E-state index in [-0.39, 0.29) is 13.0 Å². The maximum Gasteiger partial charge on any atom is 0.205 e. The molecule has 0 fully saturated rings. The molecule has 0 N–H and O–H groups in total.